The Morgan fingerprint density at radius 1 is 0.842 bits per heavy atom. The topological polar surface area (TPSA) is 37.4 Å². The van der Waals surface area contributed by atoms with E-state index in [4.69, 9.17) is 0 Å². The van der Waals surface area contributed by atoms with Crippen LogP contribution >= 0.6 is 0 Å². The van der Waals surface area contributed by atoms with Crippen LogP contribution in [0.25, 0.3) is 0 Å². The van der Waals surface area contributed by atoms with Crippen molar-refractivity contribution in [3.05, 3.63) is 65.2 Å². The molecule has 0 fully saturated rings. The molecule has 0 aliphatic carbocycles. The molecule has 19 heavy (non-hydrogen) atoms. The molecule has 1 aliphatic rings. The van der Waals surface area contributed by atoms with Gasteiger partial charge in [-0.1, -0.05) is 37.3 Å². The number of rotatable bonds is 2. The van der Waals surface area contributed by atoms with Crippen LogP contribution in [0.5, 0.6) is 0 Å². The molecule has 1 aliphatic heterocycles. The molecule has 0 N–H and O–H groups in total. The van der Waals surface area contributed by atoms with Crippen molar-refractivity contribution in [2.45, 2.75) is 13.3 Å². The van der Waals surface area contributed by atoms with Crippen LogP contribution in [-0.2, 0) is 6.42 Å². The van der Waals surface area contributed by atoms with Crippen LogP contribution in [0.1, 0.15) is 33.2 Å². The quantitative estimate of drug-likeness (QED) is 0.769. The normalized spacial score (nSPS) is 13.8. The predicted molar refractivity (Wildman–Crippen MR) is 73.4 cm³/mol. The molecule has 0 bridgehead atoms. The van der Waals surface area contributed by atoms with Gasteiger partial charge in [-0.3, -0.25) is 9.59 Å². The Balaban J connectivity index is 2.14. The molecule has 0 spiro atoms. The summed E-state index contributed by atoms with van der Waals surface area (Å²) in [5.74, 6) is -0.469. The number of hydrogen-bond acceptors (Lipinski definition) is 2. The molecule has 3 heteroatoms. The minimum atomic E-state index is -0.235. The Labute approximate surface area is 111 Å². The lowest BCUT2D eigenvalue weighted by atomic mass is 10.1. The Morgan fingerprint density at radius 3 is 1.95 bits per heavy atom. The van der Waals surface area contributed by atoms with E-state index in [0.717, 1.165) is 12.0 Å². The predicted octanol–water partition coefficient (Wildman–Crippen LogP) is 3.05. The number of fused-ring (bicyclic) bond motifs is 1. The highest BCUT2D eigenvalue weighted by Crippen LogP contribution is 2.30. The minimum Gasteiger partial charge on any atom is -0.268 e. The van der Waals surface area contributed by atoms with E-state index in [1.165, 1.54) is 4.90 Å². The van der Waals surface area contributed by atoms with Gasteiger partial charge in [0.15, 0.2) is 0 Å². The fraction of sp³-hybridized carbons (Fsp3) is 0.125. The highest BCUT2D eigenvalue weighted by molar-refractivity contribution is 6.34. The molecular weight excluding hydrogens is 238 g/mol. The van der Waals surface area contributed by atoms with Gasteiger partial charge >= 0.3 is 0 Å². The molecule has 2 aromatic rings. The first-order valence-corrected chi connectivity index (χ1v) is 6.29. The summed E-state index contributed by atoms with van der Waals surface area (Å²) in [5.41, 5.74) is 2.66. The zero-order valence-electron chi connectivity index (χ0n) is 10.6. The van der Waals surface area contributed by atoms with Crippen molar-refractivity contribution < 1.29 is 9.59 Å². The SMILES string of the molecule is CCc1ccccc1N1C(=O)c2ccccc2C1=O. The van der Waals surface area contributed by atoms with Crippen molar-refractivity contribution >= 4 is 17.5 Å². The standard InChI is InChI=1S/C16H13NO2/c1-2-11-7-3-6-10-14(11)17-15(18)12-8-4-5-9-13(12)16(17)19/h3-10H,2H2,1H3. The second-order valence-electron chi connectivity index (χ2n) is 4.47. The van der Waals surface area contributed by atoms with Gasteiger partial charge in [-0.05, 0) is 30.2 Å². The van der Waals surface area contributed by atoms with E-state index in [1.807, 2.05) is 31.2 Å². The van der Waals surface area contributed by atoms with E-state index in [1.54, 1.807) is 24.3 Å². The molecule has 0 unspecified atom stereocenters. The third kappa shape index (κ3) is 1.66. The van der Waals surface area contributed by atoms with Crippen LogP contribution in [0.3, 0.4) is 0 Å². The third-order valence-corrected chi connectivity index (χ3v) is 3.41. The highest BCUT2D eigenvalue weighted by atomic mass is 16.2. The van der Waals surface area contributed by atoms with Gasteiger partial charge in [0, 0.05) is 0 Å². The lowest BCUT2D eigenvalue weighted by Crippen LogP contribution is -2.30. The van der Waals surface area contributed by atoms with E-state index in [9.17, 15) is 9.59 Å². The maximum absolute atomic E-state index is 12.4. The monoisotopic (exact) mass is 251 g/mol. The van der Waals surface area contributed by atoms with Crippen LogP contribution in [0.4, 0.5) is 5.69 Å². The molecule has 0 atom stereocenters. The summed E-state index contributed by atoms with van der Waals surface area (Å²) in [5, 5.41) is 0. The number of amides is 2. The van der Waals surface area contributed by atoms with Crippen LogP contribution in [-0.4, -0.2) is 11.8 Å². The molecule has 1 heterocycles. The molecular formula is C16H13NO2. The molecule has 2 amide bonds. The smallest absolute Gasteiger partial charge is 0.266 e. The fourth-order valence-electron chi connectivity index (χ4n) is 2.44. The van der Waals surface area contributed by atoms with Crippen molar-refractivity contribution in [2.75, 3.05) is 4.90 Å². The van der Waals surface area contributed by atoms with E-state index in [-0.39, 0.29) is 11.8 Å². The van der Waals surface area contributed by atoms with Gasteiger partial charge in [0.2, 0.25) is 0 Å². The van der Waals surface area contributed by atoms with Gasteiger partial charge in [-0.15, -0.1) is 0 Å². The van der Waals surface area contributed by atoms with E-state index in [0.29, 0.717) is 16.8 Å². The van der Waals surface area contributed by atoms with E-state index in [2.05, 4.69) is 0 Å². The summed E-state index contributed by atoms with van der Waals surface area (Å²) in [6, 6.07) is 14.5. The minimum absolute atomic E-state index is 0.235. The first-order valence-electron chi connectivity index (χ1n) is 6.29. The number of aryl methyl sites for hydroxylation is 1. The first kappa shape index (κ1) is 11.7. The number of hydrogen-bond donors (Lipinski definition) is 0. The van der Waals surface area contributed by atoms with E-state index >= 15 is 0 Å². The summed E-state index contributed by atoms with van der Waals surface area (Å²) in [6.45, 7) is 2.01. The molecule has 3 nitrogen and oxygen atoms in total. The molecule has 0 saturated carbocycles. The van der Waals surface area contributed by atoms with Crippen molar-refractivity contribution in [2.24, 2.45) is 0 Å². The first-order chi connectivity index (χ1) is 9.24. The molecule has 2 aromatic carbocycles. The average Bonchev–Trinajstić information content (AvgIpc) is 2.71. The number of imide groups is 1. The Bertz CT molecular complexity index is 641. The molecule has 94 valence electrons. The summed E-state index contributed by atoms with van der Waals surface area (Å²) >= 11 is 0. The second-order valence-corrected chi connectivity index (χ2v) is 4.47. The lowest BCUT2D eigenvalue weighted by molar-refractivity contribution is 0.0926. The molecule has 0 radical (unpaired) electrons. The number of carbonyl (C=O) groups excluding carboxylic acids is 2. The zero-order chi connectivity index (χ0) is 13.4. The van der Waals surface area contributed by atoms with Crippen molar-refractivity contribution in [3.8, 4) is 0 Å². The average molecular weight is 251 g/mol. The molecule has 3 rings (SSSR count). The number of carbonyl (C=O) groups is 2. The number of para-hydroxylation sites is 1. The number of anilines is 1. The number of nitrogens with zero attached hydrogens (tertiary/aromatic N) is 1. The van der Waals surface area contributed by atoms with Crippen LogP contribution in [0.15, 0.2) is 48.5 Å². The highest BCUT2D eigenvalue weighted by Gasteiger charge is 2.36. The van der Waals surface area contributed by atoms with Gasteiger partial charge in [-0.25, -0.2) is 4.90 Å². The molecule has 0 saturated heterocycles. The van der Waals surface area contributed by atoms with Crippen molar-refractivity contribution in [1.82, 2.24) is 0 Å². The maximum Gasteiger partial charge on any atom is 0.266 e. The van der Waals surface area contributed by atoms with Gasteiger partial charge in [0.25, 0.3) is 11.8 Å². The Kier molecular flexibility index (Phi) is 2.67. The largest absolute Gasteiger partial charge is 0.268 e. The summed E-state index contributed by atoms with van der Waals surface area (Å²) in [4.78, 5) is 26.0. The van der Waals surface area contributed by atoms with Gasteiger partial charge in [-0.2, -0.15) is 0 Å². The summed E-state index contributed by atoms with van der Waals surface area (Å²) in [7, 11) is 0. The zero-order valence-corrected chi connectivity index (χ0v) is 10.6. The van der Waals surface area contributed by atoms with E-state index < -0.39 is 0 Å². The Hall–Kier alpha value is -2.42. The lowest BCUT2D eigenvalue weighted by Gasteiger charge is -2.17. The summed E-state index contributed by atoms with van der Waals surface area (Å²) < 4.78 is 0. The summed E-state index contributed by atoms with van der Waals surface area (Å²) in [6.07, 6.45) is 0.781. The van der Waals surface area contributed by atoms with Gasteiger partial charge < -0.3 is 0 Å². The number of benzene rings is 2. The maximum atomic E-state index is 12.4. The third-order valence-electron chi connectivity index (χ3n) is 3.41. The van der Waals surface area contributed by atoms with Crippen LogP contribution < -0.4 is 4.90 Å². The second kappa shape index (κ2) is 4.35. The van der Waals surface area contributed by atoms with Crippen molar-refractivity contribution in [1.29, 1.82) is 0 Å². The van der Waals surface area contributed by atoms with Crippen LogP contribution in [0.2, 0.25) is 0 Å². The van der Waals surface area contributed by atoms with Crippen molar-refractivity contribution in [3.63, 3.8) is 0 Å². The fourth-order valence-corrected chi connectivity index (χ4v) is 2.44. The molecule has 0 aromatic heterocycles. The van der Waals surface area contributed by atoms with Gasteiger partial charge in [0.1, 0.15) is 0 Å². The van der Waals surface area contributed by atoms with Gasteiger partial charge in [0.05, 0.1) is 16.8 Å². The Morgan fingerprint density at radius 2 is 1.37 bits per heavy atom. The van der Waals surface area contributed by atoms with Crippen LogP contribution in [0, 0.1) is 0 Å².